The normalized spacial score (nSPS) is 11.5. The lowest BCUT2D eigenvalue weighted by Crippen LogP contribution is -2.38. The molecule has 0 bridgehead atoms. The zero-order valence-electron chi connectivity index (χ0n) is 13.3. The molecule has 0 aliphatic rings. The van der Waals surface area contributed by atoms with Crippen LogP contribution < -0.4 is 5.32 Å². The largest absolute Gasteiger partial charge is 0.325 e. The van der Waals surface area contributed by atoms with Crippen molar-refractivity contribution >= 4 is 21.6 Å². The number of sulfonamides is 1. The predicted molar refractivity (Wildman–Crippen MR) is 91.6 cm³/mol. The van der Waals surface area contributed by atoms with E-state index in [4.69, 9.17) is 0 Å². The maximum Gasteiger partial charge on any atom is 0.239 e. The van der Waals surface area contributed by atoms with Gasteiger partial charge >= 0.3 is 0 Å². The number of carbonyl (C=O) groups is 1. The number of hydrogen-bond donors (Lipinski definition) is 1. The average Bonchev–Trinajstić information content (AvgIpc) is 2.52. The first-order valence-electron chi connectivity index (χ1n) is 7.39. The number of anilines is 1. The number of benzene rings is 2. The second kappa shape index (κ2) is 8.03. The van der Waals surface area contributed by atoms with Gasteiger partial charge in [-0.3, -0.25) is 4.79 Å². The maximum atomic E-state index is 13.6. The SMILES string of the molecule is CS(=O)(=O)N(CCc1ccccc1F)CC(=O)Nc1ccccc1. The molecule has 2 aromatic carbocycles. The Labute approximate surface area is 141 Å². The van der Waals surface area contributed by atoms with Crippen molar-refractivity contribution in [2.45, 2.75) is 6.42 Å². The van der Waals surface area contributed by atoms with E-state index < -0.39 is 15.9 Å². The predicted octanol–water partition coefficient (Wildman–Crippen LogP) is 2.27. The summed E-state index contributed by atoms with van der Waals surface area (Å²) < 4.78 is 38.4. The summed E-state index contributed by atoms with van der Waals surface area (Å²) in [6.07, 6.45) is 1.22. The van der Waals surface area contributed by atoms with Crippen LogP contribution in [0.2, 0.25) is 0 Å². The highest BCUT2D eigenvalue weighted by Crippen LogP contribution is 2.10. The van der Waals surface area contributed by atoms with Gasteiger partial charge in [-0.1, -0.05) is 36.4 Å². The van der Waals surface area contributed by atoms with Crippen molar-refractivity contribution in [3.63, 3.8) is 0 Å². The highest BCUT2D eigenvalue weighted by Gasteiger charge is 2.20. The zero-order valence-corrected chi connectivity index (χ0v) is 14.1. The first kappa shape index (κ1) is 18.1. The highest BCUT2D eigenvalue weighted by atomic mass is 32.2. The zero-order chi connectivity index (χ0) is 17.6. The molecule has 0 saturated carbocycles. The molecule has 0 unspecified atom stereocenters. The van der Waals surface area contributed by atoms with E-state index >= 15 is 0 Å². The van der Waals surface area contributed by atoms with E-state index in [0.717, 1.165) is 10.6 Å². The molecule has 1 amide bonds. The van der Waals surface area contributed by atoms with Gasteiger partial charge in [0.1, 0.15) is 5.82 Å². The van der Waals surface area contributed by atoms with Gasteiger partial charge in [0.25, 0.3) is 0 Å². The molecule has 5 nitrogen and oxygen atoms in total. The Morgan fingerprint density at radius 1 is 1.08 bits per heavy atom. The van der Waals surface area contributed by atoms with Gasteiger partial charge in [-0.05, 0) is 30.2 Å². The number of halogens is 1. The second-order valence-corrected chi connectivity index (χ2v) is 7.33. The molecule has 0 spiro atoms. The van der Waals surface area contributed by atoms with Crippen LogP contribution in [0.15, 0.2) is 54.6 Å². The Bertz CT molecular complexity index is 794. The molecule has 0 saturated heterocycles. The Morgan fingerprint density at radius 2 is 1.71 bits per heavy atom. The van der Waals surface area contributed by atoms with E-state index in [2.05, 4.69) is 5.32 Å². The standard InChI is InChI=1S/C17H19FN2O3S/c1-24(22,23)20(12-11-14-7-5-6-10-16(14)18)13-17(21)19-15-8-3-2-4-9-15/h2-10H,11-13H2,1H3,(H,19,21). The molecule has 0 atom stereocenters. The minimum atomic E-state index is -3.59. The third kappa shape index (κ3) is 5.43. The maximum absolute atomic E-state index is 13.6. The molecule has 0 aromatic heterocycles. The molecule has 0 radical (unpaired) electrons. The average molecular weight is 350 g/mol. The van der Waals surface area contributed by atoms with Crippen molar-refractivity contribution in [1.82, 2.24) is 4.31 Å². The van der Waals surface area contributed by atoms with Crippen LogP contribution in [-0.4, -0.2) is 38.0 Å². The van der Waals surface area contributed by atoms with Gasteiger partial charge in [-0.2, -0.15) is 4.31 Å². The van der Waals surface area contributed by atoms with Crippen LogP contribution in [0.4, 0.5) is 10.1 Å². The van der Waals surface area contributed by atoms with Crippen LogP contribution >= 0.6 is 0 Å². The summed E-state index contributed by atoms with van der Waals surface area (Å²) in [7, 11) is -3.59. The summed E-state index contributed by atoms with van der Waals surface area (Å²) in [5.41, 5.74) is 1.000. The summed E-state index contributed by atoms with van der Waals surface area (Å²) in [4.78, 5) is 12.1. The smallest absolute Gasteiger partial charge is 0.239 e. The molecule has 1 N–H and O–H groups in total. The lowest BCUT2D eigenvalue weighted by Gasteiger charge is -2.19. The van der Waals surface area contributed by atoms with Crippen molar-refractivity contribution in [1.29, 1.82) is 0 Å². The van der Waals surface area contributed by atoms with E-state index in [1.165, 1.54) is 6.07 Å². The molecule has 2 rings (SSSR count). The fraction of sp³-hybridized carbons (Fsp3) is 0.235. The third-order valence-corrected chi connectivity index (χ3v) is 4.68. The molecule has 0 heterocycles. The quantitative estimate of drug-likeness (QED) is 0.833. The van der Waals surface area contributed by atoms with Crippen molar-refractivity contribution in [3.8, 4) is 0 Å². The molecule has 24 heavy (non-hydrogen) atoms. The molecular formula is C17H19FN2O3S. The highest BCUT2D eigenvalue weighted by molar-refractivity contribution is 7.88. The van der Waals surface area contributed by atoms with E-state index in [0.29, 0.717) is 11.3 Å². The minimum Gasteiger partial charge on any atom is -0.325 e. The monoisotopic (exact) mass is 350 g/mol. The van der Waals surface area contributed by atoms with E-state index in [1.54, 1.807) is 42.5 Å². The summed E-state index contributed by atoms with van der Waals surface area (Å²) in [6, 6.07) is 14.9. The number of rotatable bonds is 7. The van der Waals surface area contributed by atoms with Gasteiger partial charge in [0, 0.05) is 12.2 Å². The van der Waals surface area contributed by atoms with E-state index in [1.807, 2.05) is 6.07 Å². The molecule has 2 aromatic rings. The first-order chi connectivity index (χ1) is 11.4. The number of para-hydroxylation sites is 1. The van der Waals surface area contributed by atoms with Gasteiger partial charge in [0.2, 0.25) is 15.9 Å². The van der Waals surface area contributed by atoms with E-state index in [9.17, 15) is 17.6 Å². The number of carbonyl (C=O) groups excluding carboxylic acids is 1. The van der Waals surface area contributed by atoms with Crippen LogP contribution in [0.1, 0.15) is 5.56 Å². The summed E-state index contributed by atoms with van der Waals surface area (Å²) >= 11 is 0. The van der Waals surface area contributed by atoms with Crippen molar-refractivity contribution in [2.24, 2.45) is 0 Å². The molecule has 7 heteroatoms. The molecule has 128 valence electrons. The summed E-state index contributed by atoms with van der Waals surface area (Å²) in [6.45, 7) is -0.288. The lowest BCUT2D eigenvalue weighted by atomic mass is 10.1. The molecule has 0 aliphatic carbocycles. The Hall–Kier alpha value is -2.25. The van der Waals surface area contributed by atoms with Crippen molar-refractivity contribution in [2.75, 3.05) is 24.7 Å². The topological polar surface area (TPSA) is 66.5 Å². The van der Waals surface area contributed by atoms with Crippen LogP contribution in [0, 0.1) is 5.82 Å². The number of nitrogens with zero attached hydrogens (tertiary/aromatic N) is 1. The molecule has 0 fully saturated rings. The van der Waals surface area contributed by atoms with Crippen molar-refractivity contribution in [3.05, 3.63) is 66.0 Å². The summed E-state index contributed by atoms with van der Waals surface area (Å²) in [5.74, 6) is -0.833. The fourth-order valence-corrected chi connectivity index (χ4v) is 2.97. The number of nitrogens with one attached hydrogen (secondary N) is 1. The number of amides is 1. The first-order valence-corrected chi connectivity index (χ1v) is 9.24. The van der Waals surface area contributed by atoms with Crippen LogP contribution in [-0.2, 0) is 21.2 Å². The van der Waals surface area contributed by atoms with Gasteiger partial charge in [-0.15, -0.1) is 0 Å². The number of hydrogen-bond acceptors (Lipinski definition) is 3. The lowest BCUT2D eigenvalue weighted by molar-refractivity contribution is -0.116. The van der Waals surface area contributed by atoms with Gasteiger partial charge in [0.05, 0.1) is 12.8 Å². The van der Waals surface area contributed by atoms with Gasteiger partial charge < -0.3 is 5.32 Å². The molecular weight excluding hydrogens is 331 g/mol. The van der Waals surface area contributed by atoms with Crippen LogP contribution in [0.3, 0.4) is 0 Å². The third-order valence-electron chi connectivity index (χ3n) is 3.43. The summed E-state index contributed by atoms with van der Waals surface area (Å²) in [5, 5.41) is 2.63. The van der Waals surface area contributed by atoms with Gasteiger partial charge in [0.15, 0.2) is 0 Å². The fourth-order valence-electron chi connectivity index (χ4n) is 2.19. The molecule has 0 aliphatic heterocycles. The second-order valence-electron chi connectivity index (χ2n) is 5.35. The van der Waals surface area contributed by atoms with Crippen molar-refractivity contribution < 1.29 is 17.6 Å². The Kier molecular flexibility index (Phi) is 6.05. The van der Waals surface area contributed by atoms with Crippen LogP contribution in [0.25, 0.3) is 0 Å². The minimum absolute atomic E-state index is 0.0297. The van der Waals surface area contributed by atoms with E-state index in [-0.39, 0.29) is 25.3 Å². The van der Waals surface area contributed by atoms with Crippen LogP contribution in [0.5, 0.6) is 0 Å². The Morgan fingerprint density at radius 3 is 2.33 bits per heavy atom. The Balaban J connectivity index is 2.01. The van der Waals surface area contributed by atoms with Gasteiger partial charge in [-0.25, -0.2) is 12.8 Å².